The summed E-state index contributed by atoms with van der Waals surface area (Å²) in [6, 6.07) is 2.26. The van der Waals surface area contributed by atoms with E-state index in [1.54, 1.807) is 0 Å². The molecule has 8 heteroatoms. The highest BCUT2D eigenvalue weighted by Gasteiger charge is 2.35. The monoisotopic (exact) mass is 257 g/mol. The van der Waals surface area contributed by atoms with Gasteiger partial charge in [-0.15, -0.1) is 0 Å². The molecule has 0 saturated heterocycles. The van der Waals surface area contributed by atoms with Gasteiger partial charge in [-0.05, 0) is 12.1 Å². The molecule has 1 aromatic carbocycles. The zero-order valence-corrected chi connectivity index (χ0v) is 9.12. The first-order chi connectivity index (χ1) is 8.38. The summed E-state index contributed by atoms with van der Waals surface area (Å²) >= 11 is 0. The molecule has 0 heterocycles. The van der Waals surface area contributed by atoms with Gasteiger partial charge in [0.2, 0.25) is 0 Å². The SMILES string of the molecule is COC(=O)C(C(=O)O)c1ccc(F)cc1[N+](=O)[O-]. The Bertz CT molecular complexity index is 515. The zero-order chi connectivity index (χ0) is 13.9. The Hall–Kier alpha value is -2.51. The van der Waals surface area contributed by atoms with Gasteiger partial charge in [0.05, 0.1) is 23.7 Å². The largest absolute Gasteiger partial charge is 0.480 e. The molecule has 0 fully saturated rings. The van der Waals surface area contributed by atoms with Crippen molar-refractivity contribution in [3.8, 4) is 0 Å². The molecular formula is C10H8FNO6. The average Bonchev–Trinajstić information content (AvgIpc) is 2.30. The fraction of sp³-hybridized carbons (Fsp3) is 0.200. The van der Waals surface area contributed by atoms with Crippen LogP contribution in [0, 0.1) is 15.9 Å². The van der Waals surface area contributed by atoms with E-state index in [2.05, 4.69) is 4.74 Å². The molecule has 1 N–H and O–H groups in total. The third-order valence-corrected chi connectivity index (χ3v) is 2.18. The smallest absolute Gasteiger partial charge is 0.324 e. The first-order valence-electron chi connectivity index (χ1n) is 4.63. The van der Waals surface area contributed by atoms with Crippen molar-refractivity contribution in [1.29, 1.82) is 0 Å². The minimum Gasteiger partial charge on any atom is -0.480 e. The van der Waals surface area contributed by atoms with Crippen LogP contribution in [0.3, 0.4) is 0 Å². The number of nitro groups is 1. The van der Waals surface area contributed by atoms with E-state index in [0.717, 1.165) is 19.2 Å². The quantitative estimate of drug-likeness (QED) is 0.374. The lowest BCUT2D eigenvalue weighted by Gasteiger charge is -2.10. The lowest BCUT2D eigenvalue weighted by Crippen LogP contribution is -2.23. The Kier molecular flexibility index (Phi) is 3.93. The maximum absolute atomic E-state index is 12.9. The second-order valence-corrected chi connectivity index (χ2v) is 3.25. The van der Waals surface area contributed by atoms with Crippen LogP contribution in [0.25, 0.3) is 0 Å². The number of nitro benzene ring substituents is 1. The molecule has 0 aliphatic carbocycles. The second kappa shape index (κ2) is 5.21. The van der Waals surface area contributed by atoms with Gasteiger partial charge >= 0.3 is 11.9 Å². The van der Waals surface area contributed by atoms with E-state index < -0.39 is 39.8 Å². The molecule has 0 aromatic heterocycles. The van der Waals surface area contributed by atoms with Crippen LogP contribution in [0.1, 0.15) is 11.5 Å². The molecule has 0 spiro atoms. The van der Waals surface area contributed by atoms with E-state index in [1.807, 2.05) is 0 Å². The minimum absolute atomic E-state index is 0.430. The number of methoxy groups -OCH3 is 1. The summed E-state index contributed by atoms with van der Waals surface area (Å²) in [5.74, 6) is -5.55. The summed E-state index contributed by atoms with van der Waals surface area (Å²) in [4.78, 5) is 32.0. The summed E-state index contributed by atoms with van der Waals surface area (Å²) in [6.07, 6.45) is 0. The van der Waals surface area contributed by atoms with Gasteiger partial charge in [-0.3, -0.25) is 19.7 Å². The molecule has 1 unspecified atom stereocenters. The van der Waals surface area contributed by atoms with E-state index in [9.17, 15) is 24.1 Å². The number of carboxylic acid groups (broad SMARTS) is 1. The number of carbonyl (C=O) groups excluding carboxylic acids is 1. The molecule has 1 atom stereocenters. The highest BCUT2D eigenvalue weighted by molar-refractivity contribution is 6.00. The highest BCUT2D eigenvalue weighted by Crippen LogP contribution is 2.28. The average molecular weight is 257 g/mol. The van der Waals surface area contributed by atoms with Gasteiger partial charge in [0.1, 0.15) is 5.82 Å². The third kappa shape index (κ3) is 2.59. The summed E-state index contributed by atoms with van der Waals surface area (Å²) in [5.41, 5.74) is -1.21. The molecule has 0 bridgehead atoms. The van der Waals surface area contributed by atoms with Crippen molar-refractivity contribution < 1.29 is 28.7 Å². The Labute approximate surface area is 99.9 Å². The topological polar surface area (TPSA) is 107 Å². The standard InChI is InChI=1S/C10H8FNO6/c1-18-10(15)8(9(13)14)6-3-2-5(11)4-7(6)12(16)17/h2-4,8H,1H3,(H,13,14). The van der Waals surface area contributed by atoms with Gasteiger partial charge in [0.25, 0.3) is 5.69 Å². The fourth-order valence-electron chi connectivity index (χ4n) is 1.40. The van der Waals surface area contributed by atoms with Crippen molar-refractivity contribution in [2.45, 2.75) is 5.92 Å². The van der Waals surface area contributed by atoms with Gasteiger partial charge in [-0.1, -0.05) is 0 Å². The van der Waals surface area contributed by atoms with Crippen molar-refractivity contribution in [1.82, 2.24) is 0 Å². The van der Waals surface area contributed by atoms with Crippen LogP contribution in [0.5, 0.6) is 0 Å². The van der Waals surface area contributed by atoms with Gasteiger partial charge in [0.15, 0.2) is 5.92 Å². The number of halogens is 1. The highest BCUT2D eigenvalue weighted by atomic mass is 19.1. The number of esters is 1. The first kappa shape index (κ1) is 13.6. The lowest BCUT2D eigenvalue weighted by molar-refractivity contribution is -0.385. The van der Waals surface area contributed by atoms with Crippen LogP contribution >= 0.6 is 0 Å². The predicted octanol–water partition coefficient (Wildman–Crippen LogP) is 1.08. The van der Waals surface area contributed by atoms with E-state index in [0.29, 0.717) is 6.07 Å². The van der Waals surface area contributed by atoms with Gasteiger partial charge < -0.3 is 9.84 Å². The summed E-state index contributed by atoms with van der Waals surface area (Å²) in [6.45, 7) is 0. The normalized spacial score (nSPS) is 11.7. The number of hydrogen-bond donors (Lipinski definition) is 1. The molecule has 96 valence electrons. The molecule has 1 aromatic rings. The molecule has 7 nitrogen and oxygen atoms in total. The Morgan fingerprint density at radius 2 is 2.11 bits per heavy atom. The summed E-state index contributed by atoms with van der Waals surface area (Å²) < 4.78 is 17.1. The van der Waals surface area contributed by atoms with Crippen LogP contribution in [0.2, 0.25) is 0 Å². The zero-order valence-electron chi connectivity index (χ0n) is 9.12. The first-order valence-corrected chi connectivity index (χ1v) is 4.63. The number of hydrogen-bond acceptors (Lipinski definition) is 5. The van der Waals surface area contributed by atoms with Crippen LogP contribution in [0.4, 0.5) is 10.1 Å². The number of aliphatic carboxylic acids is 1. The van der Waals surface area contributed by atoms with Crippen molar-refractivity contribution in [3.05, 3.63) is 39.7 Å². The second-order valence-electron chi connectivity index (χ2n) is 3.25. The van der Waals surface area contributed by atoms with Crippen LogP contribution in [-0.4, -0.2) is 29.1 Å². The number of benzene rings is 1. The van der Waals surface area contributed by atoms with Gasteiger partial charge in [0, 0.05) is 0 Å². The summed E-state index contributed by atoms with van der Waals surface area (Å²) in [7, 11) is 0.952. The molecular weight excluding hydrogens is 249 g/mol. The molecule has 0 saturated carbocycles. The minimum atomic E-state index is -1.86. The molecule has 0 amide bonds. The van der Waals surface area contributed by atoms with Crippen molar-refractivity contribution in [3.63, 3.8) is 0 Å². The lowest BCUT2D eigenvalue weighted by atomic mass is 9.97. The van der Waals surface area contributed by atoms with Crippen molar-refractivity contribution in [2.24, 2.45) is 0 Å². The third-order valence-electron chi connectivity index (χ3n) is 2.18. The molecule has 0 aliphatic heterocycles. The van der Waals surface area contributed by atoms with E-state index in [-0.39, 0.29) is 0 Å². The predicted molar refractivity (Wildman–Crippen MR) is 55.4 cm³/mol. The number of carboxylic acids is 1. The van der Waals surface area contributed by atoms with E-state index >= 15 is 0 Å². The van der Waals surface area contributed by atoms with Crippen molar-refractivity contribution >= 4 is 17.6 Å². The number of ether oxygens (including phenoxy) is 1. The summed E-state index contributed by atoms with van der Waals surface area (Å²) in [5, 5.41) is 19.6. The van der Waals surface area contributed by atoms with Crippen molar-refractivity contribution in [2.75, 3.05) is 7.11 Å². The fourth-order valence-corrected chi connectivity index (χ4v) is 1.40. The van der Waals surface area contributed by atoms with Crippen LogP contribution in [-0.2, 0) is 14.3 Å². The van der Waals surface area contributed by atoms with Gasteiger partial charge in [-0.25, -0.2) is 4.39 Å². The Balaban J connectivity index is 3.41. The number of carbonyl (C=O) groups is 2. The molecule has 1 rings (SSSR count). The maximum atomic E-state index is 12.9. The van der Waals surface area contributed by atoms with Gasteiger partial charge in [-0.2, -0.15) is 0 Å². The number of nitrogens with zero attached hydrogens (tertiary/aromatic N) is 1. The Morgan fingerprint density at radius 3 is 2.56 bits per heavy atom. The van der Waals surface area contributed by atoms with Crippen LogP contribution in [0.15, 0.2) is 18.2 Å². The maximum Gasteiger partial charge on any atom is 0.324 e. The van der Waals surface area contributed by atoms with Crippen LogP contribution < -0.4 is 0 Å². The van der Waals surface area contributed by atoms with E-state index in [1.165, 1.54) is 0 Å². The molecule has 18 heavy (non-hydrogen) atoms. The van der Waals surface area contributed by atoms with E-state index in [4.69, 9.17) is 5.11 Å². The molecule has 0 aliphatic rings. The number of rotatable bonds is 4. The molecule has 0 radical (unpaired) electrons. The Morgan fingerprint density at radius 1 is 1.50 bits per heavy atom.